The van der Waals surface area contributed by atoms with Gasteiger partial charge in [-0.25, -0.2) is 4.79 Å². The Morgan fingerprint density at radius 1 is 1.19 bits per heavy atom. The summed E-state index contributed by atoms with van der Waals surface area (Å²) in [5.74, 6) is -1.16. The number of rotatable bonds is 5. The quantitative estimate of drug-likeness (QED) is 0.536. The van der Waals surface area contributed by atoms with Crippen molar-refractivity contribution in [1.29, 1.82) is 0 Å². The maximum Gasteiger partial charge on any atom is 0.337 e. The number of aromatic carboxylic acids is 1. The molecule has 2 aromatic rings. The van der Waals surface area contributed by atoms with Gasteiger partial charge in [0.15, 0.2) is 0 Å². The van der Waals surface area contributed by atoms with E-state index < -0.39 is 5.97 Å². The Hall–Kier alpha value is -2.84. The van der Waals surface area contributed by atoms with Gasteiger partial charge in [0.1, 0.15) is 10.1 Å². The molecule has 1 heterocycles. The van der Waals surface area contributed by atoms with Crippen LogP contribution in [0, 0.1) is 0 Å². The minimum Gasteiger partial charge on any atom is -0.508 e. The maximum atomic E-state index is 12.6. The summed E-state index contributed by atoms with van der Waals surface area (Å²) in [5, 5.41) is 21.5. The van der Waals surface area contributed by atoms with Crippen molar-refractivity contribution in [2.75, 3.05) is 12.0 Å². The molecule has 132 valence electrons. The summed E-state index contributed by atoms with van der Waals surface area (Å²) in [7, 11) is 0. The number of thiocarbonyl (C=S) groups is 1. The molecule has 0 unspecified atom stereocenters. The van der Waals surface area contributed by atoms with Gasteiger partial charge >= 0.3 is 5.97 Å². The summed E-state index contributed by atoms with van der Waals surface area (Å²) in [5.41, 5.74) is 1.31. The number of carboxylic acid groups (broad SMARTS) is 1. The number of phenolic OH excluding ortho intramolecular Hbond substituents is 1. The predicted molar refractivity (Wildman–Crippen MR) is 105 cm³/mol. The summed E-state index contributed by atoms with van der Waals surface area (Å²) < 4.78 is 0.389. The van der Waals surface area contributed by atoms with E-state index in [0.29, 0.717) is 14.9 Å². The first-order chi connectivity index (χ1) is 12.5. The van der Waals surface area contributed by atoms with E-state index in [2.05, 4.69) is 5.32 Å². The molecule has 0 atom stereocenters. The number of phenols is 1. The molecule has 3 N–H and O–H groups in total. The molecule has 0 bridgehead atoms. The smallest absolute Gasteiger partial charge is 0.337 e. The molecule has 1 aliphatic rings. The third-order valence-corrected chi connectivity index (χ3v) is 5.03. The molecule has 0 aromatic heterocycles. The molecule has 1 amide bonds. The van der Waals surface area contributed by atoms with Crippen molar-refractivity contribution in [3.8, 4) is 5.75 Å². The third kappa shape index (κ3) is 3.87. The topological polar surface area (TPSA) is 89.9 Å². The number of para-hydroxylation sites is 1. The van der Waals surface area contributed by atoms with E-state index in [1.807, 2.05) is 0 Å². The van der Waals surface area contributed by atoms with Crippen LogP contribution >= 0.6 is 24.0 Å². The monoisotopic (exact) mass is 386 g/mol. The highest BCUT2D eigenvalue weighted by atomic mass is 32.2. The Morgan fingerprint density at radius 3 is 2.58 bits per heavy atom. The van der Waals surface area contributed by atoms with Gasteiger partial charge in [0.2, 0.25) is 0 Å². The molecule has 1 saturated heterocycles. The van der Waals surface area contributed by atoms with Crippen LogP contribution in [0.2, 0.25) is 0 Å². The minimum atomic E-state index is -1.05. The molecule has 0 saturated carbocycles. The van der Waals surface area contributed by atoms with Crippen molar-refractivity contribution in [3.05, 3.63) is 64.6 Å². The average Bonchev–Trinajstić information content (AvgIpc) is 2.88. The van der Waals surface area contributed by atoms with E-state index >= 15 is 0 Å². The molecule has 0 spiro atoms. The highest BCUT2D eigenvalue weighted by molar-refractivity contribution is 8.26. The van der Waals surface area contributed by atoms with Gasteiger partial charge in [-0.15, -0.1) is 0 Å². The van der Waals surface area contributed by atoms with Crippen LogP contribution in [0.5, 0.6) is 5.75 Å². The normalized spacial score (nSPS) is 15.5. The van der Waals surface area contributed by atoms with E-state index in [1.54, 1.807) is 36.4 Å². The fourth-order valence-corrected chi connectivity index (χ4v) is 3.60. The molecule has 8 heteroatoms. The number of carbonyl (C=O) groups is 2. The van der Waals surface area contributed by atoms with Crippen molar-refractivity contribution >= 4 is 51.9 Å². The molecule has 1 fully saturated rings. The van der Waals surface area contributed by atoms with Crippen molar-refractivity contribution < 1.29 is 19.8 Å². The van der Waals surface area contributed by atoms with Gasteiger partial charge in [-0.2, -0.15) is 0 Å². The molecule has 2 aromatic carbocycles. The lowest BCUT2D eigenvalue weighted by molar-refractivity contribution is -0.121. The van der Waals surface area contributed by atoms with Gasteiger partial charge in [0.05, 0.1) is 22.8 Å². The van der Waals surface area contributed by atoms with Crippen LogP contribution in [-0.4, -0.2) is 38.0 Å². The molecule has 0 radical (unpaired) electrons. The number of anilines is 1. The number of thioether (sulfide) groups is 1. The van der Waals surface area contributed by atoms with Crippen LogP contribution < -0.4 is 5.32 Å². The standard InChI is InChI=1S/C18H14N2O4S2/c21-12-7-5-11(6-8-12)9-15-16(22)20(18(25)26-15)10-19-14-4-2-1-3-13(14)17(23)24/h1-9,19,21H,10H2,(H,23,24)/b15-9-. The largest absolute Gasteiger partial charge is 0.508 e. The van der Waals surface area contributed by atoms with Crippen LogP contribution in [0.25, 0.3) is 6.08 Å². The zero-order valence-corrected chi connectivity index (χ0v) is 15.0. The molecular weight excluding hydrogens is 372 g/mol. The second-order valence-electron chi connectivity index (χ2n) is 5.39. The van der Waals surface area contributed by atoms with E-state index in [9.17, 15) is 19.8 Å². The molecule has 26 heavy (non-hydrogen) atoms. The lowest BCUT2D eigenvalue weighted by Gasteiger charge is -2.17. The third-order valence-electron chi connectivity index (χ3n) is 3.65. The van der Waals surface area contributed by atoms with Crippen LogP contribution in [-0.2, 0) is 4.79 Å². The SMILES string of the molecule is O=C(O)c1ccccc1NCN1C(=O)/C(=C/c2ccc(O)cc2)SC1=S. The fourth-order valence-electron chi connectivity index (χ4n) is 2.35. The second kappa shape index (κ2) is 7.59. The number of benzene rings is 2. The summed E-state index contributed by atoms with van der Waals surface area (Å²) in [6.45, 7) is 0.0713. The van der Waals surface area contributed by atoms with Crippen molar-refractivity contribution in [1.82, 2.24) is 4.90 Å². The van der Waals surface area contributed by atoms with Gasteiger partial charge in [-0.3, -0.25) is 9.69 Å². The van der Waals surface area contributed by atoms with E-state index in [0.717, 1.165) is 5.56 Å². The number of nitrogens with one attached hydrogen (secondary N) is 1. The highest BCUT2D eigenvalue weighted by Gasteiger charge is 2.31. The minimum absolute atomic E-state index is 0.0713. The first kappa shape index (κ1) is 18.0. The van der Waals surface area contributed by atoms with Crippen LogP contribution in [0.15, 0.2) is 53.4 Å². The molecular formula is C18H14N2O4S2. The number of aromatic hydroxyl groups is 1. The second-order valence-corrected chi connectivity index (χ2v) is 7.06. The van der Waals surface area contributed by atoms with Gasteiger partial charge in [-0.05, 0) is 35.9 Å². The molecule has 1 aliphatic heterocycles. The summed E-state index contributed by atoms with van der Waals surface area (Å²) in [4.78, 5) is 25.7. The fraction of sp³-hybridized carbons (Fsp3) is 0.0556. The maximum absolute atomic E-state index is 12.6. The lowest BCUT2D eigenvalue weighted by Crippen LogP contribution is -2.33. The number of hydrogen-bond donors (Lipinski definition) is 3. The van der Waals surface area contributed by atoms with Crippen molar-refractivity contribution in [2.24, 2.45) is 0 Å². The van der Waals surface area contributed by atoms with Gasteiger partial charge < -0.3 is 15.5 Å². The zero-order chi connectivity index (χ0) is 18.7. The van der Waals surface area contributed by atoms with E-state index in [1.165, 1.54) is 34.9 Å². The van der Waals surface area contributed by atoms with Crippen LogP contribution in [0.3, 0.4) is 0 Å². The molecule has 3 rings (SSSR count). The number of amides is 1. The first-order valence-electron chi connectivity index (χ1n) is 7.56. The molecule has 0 aliphatic carbocycles. The van der Waals surface area contributed by atoms with E-state index in [-0.39, 0.29) is 23.9 Å². The Balaban J connectivity index is 1.74. The number of carbonyl (C=O) groups excluding carboxylic acids is 1. The van der Waals surface area contributed by atoms with Gasteiger partial charge in [0, 0.05) is 0 Å². The Morgan fingerprint density at radius 2 is 1.88 bits per heavy atom. The Kier molecular flexibility index (Phi) is 5.24. The summed E-state index contributed by atoms with van der Waals surface area (Å²) >= 11 is 6.44. The van der Waals surface area contributed by atoms with Crippen LogP contribution in [0.4, 0.5) is 5.69 Å². The lowest BCUT2D eigenvalue weighted by atomic mass is 10.2. The number of nitrogens with zero attached hydrogens (tertiary/aromatic N) is 1. The Bertz CT molecular complexity index is 910. The van der Waals surface area contributed by atoms with Gasteiger partial charge in [-0.1, -0.05) is 48.2 Å². The average molecular weight is 386 g/mol. The van der Waals surface area contributed by atoms with Crippen molar-refractivity contribution in [2.45, 2.75) is 0 Å². The van der Waals surface area contributed by atoms with E-state index in [4.69, 9.17) is 12.2 Å². The summed E-state index contributed by atoms with van der Waals surface area (Å²) in [6.07, 6.45) is 1.70. The first-order valence-corrected chi connectivity index (χ1v) is 8.79. The zero-order valence-electron chi connectivity index (χ0n) is 13.4. The predicted octanol–water partition coefficient (Wildman–Crippen LogP) is 3.36. The van der Waals surface area contributed by atoms with Crippen LogP contribution in [0.1, 0.15) is 15.9 Å². The molecule has 6 nitrogen and oxygen atoms in total. The Labute approximate surface area is 159 Å². The van der Waals surface area contributed by atoms with Gasteiger partial charge in [0.25, 0.3) is 5.91 Å². The number of hydrogen-bond acceptors (Lipinski definition) is 6. The summed E-state index contributed by atoms with van der Waals surface area (Å²) in [6, 6.07) is 12.9. The highest BCUT2D eigenvalue weighted by Crippen LogP contribution is 2.32. The van der Waals surface area contributed by atoms with Crippen molar-refractivity contribution in [3.63, 3.8) is 0 Å². The number of carboxylic acids is 1.